The maximum absolute atomic E-state index is 14.2. The topological polar surface area (TPSA) is 34.1 Å². The zero-order chi connectivity index (χ0) is 57.8. The van der Waals surface area contributed by atoms with E-state index in [4.69, 9.17) is 0 Å². The van der Waals surface area contributed by atoms with E-state index >= 15 is 0 Å². The third-order valence-corrected chi connectivity index (χ3v) is 13.5. The van der Waals surface area contributed by atoms with Crippen molar-refractivity contribution in [1.82, 2.24) is 0 Å². The number of hydrogen-bond donors (Lipinski definition) is 0. The fraction of sp³-hybridized carbons (Fsp3) is 0.229. The van der Waals surface area contributed by atoms with Gasteiger partial charge in [0.1, 0.15) is 22.3 Å². The van der Waals surface area contributed by atoms with E-state index < -0.39 is 205 Å². The average molecular weight is 1140 g/mol. The first kappa shape index (κ1) is 60.4. The van der Waals surface area contributed by atoms with Gasteiger partial charge in [-0.3, -0.25) is 4.79 Å². The molecule has 0 spiro atoms. The number of Topliss-reactive ketones (excluding diaryl/α,β-unsaturated/α-hetero) is 1. The third-order valence-electron chi connectivity index (χ3n) is 11.5. The molecule has 6 aromatic carbocycles. The zero-order valence-electron chi connectivity index (χ0n) is 37.7. The summed E-state index contributed by atoms with van der Waals surface area (Å²) in [6.07, 6.45) is -53.2. The van der Waals surface area contributed by atoms with Gasteiger partial charge in [-0.25, -0.2) is 0 Å². The number of alkyl halides is 24. The second-order valence-electron chi connectivity index (χ2n) is 17.0. The molecule has 0 aliphatic rings. The zero-order valence-corrected chi connectivity index (χ0v) is 38.5. The molecule has 410 valence electrons. The van der Waals surface area contributed by atoms with Crippen molar-refractivity contribution in [2.75, 3.05) is 12.0 Å². The summed E-state index contributed by atoms with van der Waals surface area (Å²) < 4.78 is 353. The van der Waals surface area contributed by atoms with E-state index in [1.807, 2.05) is 49.4 Å². The highest BCUT2D eigenvalue weighted by Gasteiger charge is 2.47. The maximum Gasteiger partial charge on any atom is 0.416 e. The Kier molecular flexibility index (Phi) is 16.3. The molecule has 1 unspecified atom stereocenters. The van der Waals surface area contributed by atoms with Crippen molar-refractivity contribution in [3.63, 3.8) is 0 Å². The van der Waals surface area contributed by atoms with Crippen molar-refractivity contribution < 1.29 is 114 Å². The van der Waals surface area contributed by atoms with E-state index in [1.54, 1.807) is 18.4 Å². The Morgan fingerprint density at radius 2 is 0.592 bits per heavy atom. The largest absolute Gasteiger partial charge is 0.416 e. The molecule has 0 N–H and O–H groups in total. The molecular weight excluding hydrogens is 1110 g/mol. The highest BCUT2D eigenvalue weighted by molar-refractivity contribution is 8.03. The van der Waals surface area contributed by atoms with Crippen molar-refractivity contribution >= 4 is 43.7 Å². The van der Waals surface area contributed by atoms with Gasteiger partial charge in [0.25, 0.3) is 0 Å². The Hall–Kier alpha value is -6.48. The molecule has 2 nitrogen and oxygen atoms in total. The van der Waals surface area contributed by atoms with Crippen LogP contribution in [0.1, 0.15) is 60.4 Å². The molecule has 0 bridgehead atoms. The number of benzene rings is 6. The molecular formula is C48H29BF24O2S. The van der Waals surface area contributed by atoms with Crippen LogP contribution in [0.3, 0.4) is 0 Å². The van der Waals surface area contributed by atoms with Crippen LogP contribution in [-0.2, 0) is 63.6 Å². The van der Waals surface area contributed by atoms with Crippen molar-refractivity contribution in [1.29, 1.82) is 0 Å². The summed E-state index contributed by atoms with van der Waals surface area (Å²) in [7, 11) is -2.32. The van der Waals surface area contributed by atoms with Gasteiger partial charge in [-0.15, -0.1) is 0 Å². The normalized spacial score (nSPS) is 14.2. The molecule has 0 amide bonds. The van der Waals surface area contributed by atoms with Gasteiger partial charge in [-0.1, -0.05) is 101 Å². The van der Waals surface area contributed by atoms with Crippen LogP contribution in [0.25, 0.3) is 0 Å². The minimum Gasteiger partial charge on any atom is -0.289 e. The van der Waals surface area contributed by atoms with Crippen LogP contribution in [0.4, 0.5) is 105 Å². The standard InChI is InChI=1S/C32H12BF24.C16H17O2S/c34-25(35,36)13-1-14(26(37,38)39)6-21(5-13)33(22-7-15(27(40,41)42)2-16(8-22)28(43,44)45,23-9-17(29(46,47)48)3-18(10-23)30(49,50)51)24-11-19(31(52,53)54)4-20(12-24)32(55,56)57;1-13-8-10-14(11-9-13)16(17)12-19(2,18)15-6-4-3-5-7-15/h1-12H;3-11H,12H2,1-2H3/q-1;+1. The second kappa shape index (κ2) is 20.5. The number of halogens is 24. The summed E-state index contributed by atoms with van der Waals surface area (Å²) in [5, 5.41) is 0. The quantitative estimate of drug-likeness (QED) is 0.0659. The molecule has 28 heteroatoms. The smallest absolute Gasteiger partial charge is 0.289 e. The van der Waals surface area contributed by atoms with Gasteiger partial charge < -0.3 is 0 Å². The van der Waals surface area contributed by atoms with Crippen LogP contribution in [0.5, 0.6) is 0 Å². The molecule has 0 radical (unpaired) electrons. The summed E-state index contributed by atoms with van der Waals surface area (Å²) in [5.74, 6) is -0.0172. The SMILES string of the molecule is Cc1ccc(C(=O)C[S+](C)(=O)c2ccccc2)cc1.FC(F)(F)c1cc([B-](c2cc(C(F)(F)F)cc(C(F)(F)F)c2)(c2cc(C(F)(F)F)cc(C(F)(F)F)c2)c2cc(C(F)(F)F)cc(C(F)(F)F)c2)cc(C(F)(F)F)c1. The molecule has 6 rings (SSSR count). The van der Waals surface area contributed by atoms with E-state index in [-0.39, 0.29) is 11.5 Å². The minimum atomic E-state index is -6.13. The first-order valence-corrected chi connectivity index (χ1v) is 22.9. The Morgan fingerprint density at radius 3 is 0.803 bits per heavy atom. The number of hydrogen-bond acceptors (Lipinski definition) is 2. The van der Waals surface area contributed by atoms with Gasteiger partial charge in [-0.05, 0) is 43.3 Å². The third kappa shape index (κ3) is 13.9. The van der Waals surface area contributed by atoms with Gasteiger partial charge in [-0.2, -0.15) is 127 Å². The lowest BCUT2D eigenvalue weighted by molar-refractivity contribution is -0.144. The van der Waals surface area contributed by atoms with E-state index in [2.05, 4.69) is 0 Å². The monoisotopic (exact) mass is 1140 g/mol. The Morgan fingerprint density at radius 1 is 0.368 bits per heavy atom. The van der Waals surface area contributed by atoms with Crippen LogP contribution in [0, 0.1) is 6.92 Å². The molecule has 76 heavy (non-hydrogen) atoms. The van der Waals surface area contributed by atoms with Crippen LogP contribution in [0.2, 0.25) is 0 Å². The van der Waals surface area contributed by atoms with E-state index in [0.29, 0.717) is 5.56 Å². The lowest BCUT2D eigenvalue weighted by atomic mass is 9.12. The molecule has 0 saturated carbocycles. The molecule has 6 aromatic rings. The van der Waals surface area contributed by atoms with Crippen molar-refractivity contribution in [3.05, 3.63) is 183 Å². The van der Waals surface area contributed by atoms with Crippen LogP contribution >= 0.6 is 0 Å². The van der Waals surface area contributed by atoms with E-state index in [1.165, 1.54) is 0 Å². The number of carbonyl (C=O) groups excluding carboxylic acids is 1. The summed E-state index contributed by atoms with van der Waals surface area (Å²) >= 11 is 0. The fourth-order valence-electron chi connectivity index (χ4n) is 7.94. The summed E-state index contributed by atoms with van der Waals surface area (Å²) in [4.78, 5) is 12.9. The summed E-state index contributed by atoms with van der Waals surface area (Å²) in [6.45, 7) is 1.97. The molecule has 0 saturated heterocycles. The predicted molar refractivity (Wildman–Crippen MR) is 229 cm³/mol. The van der Waals surface area contributed by atoms with Gasteiger partial charge in [0, 0.05) is 5.56 Å². The number of rotatable bonds is 8. The van der Waals surface area contributed by atoms with Crippen LogP contribution < -0.4 is 21.9 Å². The Bertz CT molecular complexity index is 2690. The van der Waals surface area contributed by atoms with E-state index in [0.717, 1.165) is 10.5 Å². The molecule has 1 atom stereocenters. The van der Waals surface area contributed by atoms with Gasteiger partial charge >= 0.3 is 49.4 Å². The van der Waals surface area contributed by atoms with Crippen LogP contribution in [-0.4, -0.2) is 23.9 Å². The molecule has 0 heterocycles. The molecule has 0 aliphatic heterocycles. The van der Waals surface area contributed by atoms with Crippen molar-refractivity contribution in [2.24, 2.45) is 0 Å². The van der Waals surface area contributed by atoms with Gasteiger partial charge in [0.2, 0.25) is 5.78 Å². The Labute approximate surface area is 413 Å². The molecule has 0 aromatic heterocycles. The Balaban J connectivity index is 0.000000468. The summed E-state index contributed by atoms with van der Waals surface area (Å²) in [5.41, 5.74) is -28.5. The van der Waals surface area contributed by atoms with Crippen molar-refractivity contribution in [2.45, 2.75) is 61.2 Å². The predicted octanol–water partition coefficient (Wildman–Crippen LogP) is 14.6. The summed E-state index contributed by atoms with van der Waals surface area (Å²) in [6, 6.07) is 7.74. The second-order valence-corrected chi connectivity index (χ2v) is 19.7. The molecule has 0 aliphatic carbocycles. The maximum atomic E-state index is 14.2. The van der Waals surface area contributed by atoms with Crippen molar-refractivity contribution in [3.8, 4) is 0 Å². The first-order valence-electron chi connectivity index (χ1n) is 20.7. The number of carbonyl (C=O) groups is 1. The minimum absolute atomic E-state index is 0.0556. The van der Waals surface area contributed by atoms with Gasteiger partial charge in [0.05, 0.1) is 44.5 Å². The fourth-order valence-corrected chi connectivity index (χ4v) is 9.50. The first-order chi connectivity index (χ1) is 34.3. The highest BCUT2D eigenvalue weighted by atomic mass is 32.2. The van der Waals surface area contributed by atoms with E-state index in [9.17, 15) is 114 Å². The number of ketones is 1. The number of aryl methyl sites for hydroxylation is 1. The molecule has 0 fully saturated rings. The average Bonchev–Trinajstić information content (AvgIpc) is 3.27. The lowest BCUT2D eigenvalue weighted by Crippen LogP contribution is -2.75. The van der Waals surface area contributed by atoms with Crippen LogP contribution in [0.15, 0.2) is 132 Å². The lowest BCUT2D eigenvalue weighted by Gasteiger charge is -2.46. The van der Waals surface area contributed by atoms with Gasteiger partial charge in [0.15, 0.2) is 10.6 Å². The highest BCUT2D eigenvalue weighted by Crippen LogP contribution is 2.41.